The summed E-state index contributed by atoms with van der Waals surface area (Å²) >= 11 is 0. The Balaban J connectivity index is 2.34. The zero-order valence-corrected chi connectivity index (χ0v) is 16.5. The zero-order chi connectivity index (χ0) is 19.4. The van der Waals surface area contributed by atoms with Gasteiger partial charge in [-0.2, -0.15) is 0 Å². The molecule has 0 aromatic carbocycles. The molecule has 0 amide bonds. The average molecular weight is 365 g/mol. The molecule has 4 nitrogen and oxygen atoms in total. The van der Waals surface area contributed by atoms with Gasteiger partial charge in [0, 0.05) is 18.8 Å². The van der Waals surface area contributed by atoms with E-state index in [2.05, 4.69) is 13.8 Å². The van der Waals surface area contributed by atoms with Gasteiger partial charge in [0.05, 0.1) is 6.10 Å². The first-order valence-corrected chi connectivity index (χ1v) is 10.2. The van der Waals surface area contributed by atoms with Crippen LogP contribution in [0.5, 0.6) is 0 Å². The Bertz CT molecular complexity index is 492. The van der Waals surface area contributed by atoms with Crippen molar-refractivity contribution in [2.75, 3.05) is 0 Å². The number of unbranched alkanes of at least 4 members (excludes halogenated alkanes) is 3. The molecule has 0 heterocycles. The lowest BCUT2D eigenvalue weighted by Crippen LogP contribution is -2.19. The van der Waals surface area contributed by atoms with Gasteiger partial charge >= 0.3 is 5.97 Å². The summed E-state index contributed by atoms with van der Waals surface area (Å²) in [6.07, 6.45) is 14.7. The third-order valence-corrected chi connectivity index (χ3v) is 5.35. The number of aliphatic hydroxyl groups excluding tert-OH is 1. The SMILES string of the molecule is CCCCCC(C)[C@@H](O)CCC1=CCC(=O)[C@@H]1C/C=C\CCCC(=O)O. The van der Waals surface area contributed by atoms with Crippen LogP contribution >= 0.6 is 0 Å². The first-order valence-electron chi connectivity index (χ1n) is 10.2. The van der Waals surface area contributed by atoms with E-state index in [-0.39, 0.29) is 24.2 Å². The summed E-state index contributed by atoms with van der Waals surface area (Å²) in [6, 6.07) is 0. The molecule has 2 N–H and O–H groups in total. The summed E-state index contributed by atoms with van der Waals surface area (Å²) in [7, 11) is 0. The van der Waals surface area contributed by atoms with Gasteiger partial charge in [-0.05, 0) is 44.4 Å². The van der Waals surface area contributed by atoms with Crippen LogP contribution < -0.4 is 0 Å². The minimum Gasteiger partial charge on any atom is -0.481 e. The molecule has 0 saturated carbocycles. The summed E-state index contributed by atoms with van der Waals surface area (Å²) in [5.74, 6) is -0.238. The predicted molar refractivity (Wildman–Crippen MR) is 105 cm³/mol. The lowest BCUT2D eigenvalue weighted by molar-refractivity contribution is -0.137. The molecule has 0 bridgehead atoms. The monoisotopic (exact) mass is 364 g/mol. The third-order valence-electron chi connectivity index (χ3n) is 5.35. The van der Waals surface area contributed by atoms with Gasteiger partial charge in [0.15, 0.2) is 0 Å². The first-order chi connectivity index (χ1) is 12.5. The fourth-order valence-electron chi connectivity index (χ4n) is 3.51. The molecule has 0 saturated heterocycles. The number of rotatable bonds is 14. The highest BCUT2D eigenvalue weighted by Gasteiger charge is 2.27. The second-order valence-corrected chi connectivity index (χ2v) is 7.57. The zero-order valence-electron chi connectivity index (χ0n) is 16.5. The van der Waals surface area contributed by atoms with E-state index in [9.17, 15) is 14.7 Å². The van der Waals surface area contributed by atoms with Crippen LogP contribution in [0.25, 0.3) is 0 Å². The molecular formula is C22H36O4. The highest BCUT2D eigenvalue weighted by atomic mass is 16.4. The van der Waals surface area contributed by atoms with Gasteiger partial charge in [0.2, 0.25) is 0 Å². The summed E-state index contributed by atoms with van der Waals surface area (Å²) in [4.78, 5) is 22.6. The Hall–Kier alpha value is -1.42. The molecular weight excluding hydrogens is 328 g/mol. The van der Waals surface area contributed by atoms with Gasteiger partial charge < -0.3 is 10.2 Å². The van der Waals surface area contributed by atoms with Crippen molar-refractivity contribution in [3.63, 3.8) is 0 Å². The Morgan fingerprint density at radius 1 is 1.27 bits per heavy atom. The summed E-state index contributed by atoms with van der Waals surface area (Å²) < 4.78 is 0. The molecule has 0 fully saturated rings. The molecule has 0 aromatic rings. The van der Waals surface area contributed by atoms with Crippen molar-refractivity contribution in [3.05, 3.63) is 23.8 Å². The number of carboxylic acid groups (broad SMARTS) is 1. The van der Waals surface area contributed by atoms with E-state index >= 15 is 0 Å². The van der Waals surface area contributed by atoms with Crippen LogP contribution in [0.2, 0.25) is 0 Å². The van der Waals surface area contributed by atoms with Crippen LogP contribution in [0, 0.1) is 11.8 Å². The van der Waals surface area contributed by atoms with Gasteiger partial charge in [-0.1, -0.05) is 56.9 Å². The van der Waals surface area contributed by atoms with E-state index < -0.39 is 5.97 Å². The summed E-state index contributed by atoms with van der Waals surface area (Å²) in [5.41, 5.74) is 1.17. The van der Waals surface area contributed by atoms with E-state index in [1.54, 1.807) is 0 Å². The third kappa shape index (κ3) is 8.79. The second-order valence-electron chi connectivity index (χ2n) is 7.57. The smallest absolute Gasteiger partial charge is 0.303 e. The minimum atomic E-state index is -0.767. The molecule has 1 rings (SSSR count). The topological polar surface area (TPSA) is 74.6 Å². The Kier molecular flexibility index (Phi) is 11.2. The van der Waals surface area contributed by atoms with Gasteiger partial charge in [0.25, 0.3) is 0 Å². The van der Waals surface area contributed by atoms with E-state index in [1.165, 1.54) is 24.8 Å². The first kappa shape index (κ1) is 22.6. The number of allylic oxidation sites excluding steroid dienone is 4. The van der Waals surface area contributed by atoms with Crippen molar-refractivity contribution >= 4 is 11.8 Å². The summed E-state index contributed by atoms with van der Waals surface area (Å²) in [5, 5.41) is 19.0. The van der Waals surface area contributed by atoms with E-state index in [4.69, 9.17) is 5.11 Å². The fraction of sp³-hybridized carbons (Fsp3) is 0.727. The van der Waals surface area contributed by atoms with Crippen LogP contribution in [0.4, 0.5) is 0 Å². The number of aliphatic carboxylic acids is 1. The van der Waals surface area contributed by atoms with Crippen molar-refractivity contribution in [2.45, 2.75) is 90.6 Å². The molecule has 0 spiro atoms. The van der Waals surface area contributed by atoms with Crippen LogP contribution in [-0.2, 0) is 9.59 Å². The van der Waals surface area contributed by atoms with E-state index in [1.807, 2.05) is 18.2 Å². The van der Waals surface area contributed by atoms with E-state index in [0.717, 1.165) is 25.7 Å². The number of hydrogen-bond donors (Lipinski definition) is 2. The fourth-order valence-corrected chi connectivity index (χ4v) is 3.51. The normalized spacial score (nSPS) is 19.7. The van der Waals surface area contributed by atoms with Gasteiger partial charge in [0.1, 0.15) is 5.78 Å². The predicted octanol–water partition coefficient (Wildman–Crippen LogP) is 5.06. The highest BCUT2D eigenvalue weighted by molar-refractivity contribution is 5.88. The number of Topliss-reactive ketones (excluding diaryl/α,β-unsaturated/α-hetero) is 1. The van der Waals surface area contributed by atoms with Crippen LogP contribution in [0.15, 0.2) is 23.8 Å². The van der Waals surface area contributed by atoms with Gasteiger partial charge in [-0.25, -0.2) is 0 Å². The average Bonchev–Trinajstić information content (AvgIpc) is 2.95. The molecule has 3 atom stereocenters. The molecule has 0 aliphatic heterocycles. The quantitative estimate of drug-likeness (QED) is 0.334. The highest BCUT2D eigenvalue weighted by Crippen LogP contribution is 2.31. The van der Waals surface area contributed by atoms with Crippen LogP contribution in [0.3, 0.4) is 0 Å². The van der Waals surface area contributed by atoms with Crippen LogP contribution in [-0.4, -0.2) is 28.1 Å². The molecule has 1 aliphatic rings. The number of ketones is 1. The van der Waals surface area contributed by atoms with Gasteiger partial charge in [-0.3, -0.25) is 9.59 Å². The minimum absolute atomic E-state index is 0.0479. The Morgan fingerprint density at radius 2 is 2.04 bits per heavy atom. The summed E-state index contributed by atoms with van der Waals surface area (Å²) in [6.45, 7) is 4.30. The van der Waals surface area contributed by atoms with Crippen molar-refractivity contribution in [2.24, 2.45) is 11.8 Å². The maximum atomic E-state index is 12.1. The number of aliphatic hydroxyl groups is 1. The maximum Gasteiger partial charge on any atom is 0.303 e. The van der Waals surface area contributed by atoms with Crippen LogP contribution in [0.1, 0.15) is 84.5 Å². The standard InChI is InChI=1S/C22H36O4/c1-3-4-7-10-17(2)20(23)15-13-18-14-16-21(24)19(18)11-8-5-6-9-12-22(25)26/h5,8,14,17,19-20,23H,3-4,6-7,9-13,15-16H2,1-2H3,(H,25,26)/b8-5-/t17?,19-,20+/m1/s1. The molecule has 4 heteroatoms. The molecule has 0 aromatic heterocycles. The van der Waals surface area contributed by atoms with Gasteiger partial charge in [-0.15, -0.1) is 0 Å². The number of carbonyl (C=O) groups excluding carboxylic acids is 1. The lowest BCUT2D eigenvalue weighted by atomic mass is 9.89. The Morgan fingerprint density at radius 3 is 2.73 bits per heavy atom. The Labute approximate surface area is 158 Å². The van der Waals surface area contributed by atoms with E-state index in [0.29, 0.717) is 25.2 Å². The molecule has 1 aliphatic carbocycles. The van der Waals surface area contributed by atoms with Crippen molar-refractivity contribution in [3.8, 4) is 0 Å². The second kappa shape index (κ2) is 12.9. The number of carbonyl (C=O) groups is 2. The number of carboxylic acids is 1. The molecule has 26 heavy (non-hydrogen) atoms. The molecule has 148 valence electrons. The number of hydrogen-bond acceptors (Lipinski definition) is 3. The van der Waals surface area contributed by atoms with Crippen molar-refractivity contribution in [1.29, 1.82) is 0 Å². The largest absolute Gasteiger partial charge is 0.481 e. The van der Waals surface area contributed by atoms with Crippen molar-refractivity contribution < 1.29 is 19.8 Å². The maximum absolute atomic E-state index is 12.1. The lowest BCUT2D eigenvalue weighted by Gasteiger charge is -2.20. The van der Waals surface area contributed by atoms with Crippen molar-refractivity contribution in [1.82, 2.24) is 0 Å². The molecule has 0 radical (unpaired) electrons. The molecule has 1 unspecified atom stereocenters.